The molecule has 130 valence electrons. The Hall–Kier alpha value is -1.74. The molecule has 2 fully saturated rings. The molecule has 8 nitrogen and oxygen atoms in total. The topological polar surface area (TPSA) is 104 Å². The van der Waals surface area contributed by atoms with Gasteiger partial charge in [0.15, 0.2) is 6.23 Å². The predicted octanol–water partition coefficient (Wildman–Crippen LogP) is 0.0331. The Morgan fingerprint density at radius 2 is 1.92 bits per heavy atom. The van der Waals surface area contributed by atoms with Gasteiger partial charge in [-0.1, -0.05) is 0 Å². The van der Waals surface area contributed by atoms with E-state index in [2.05, 4.69) is 14.9 Å². The van der Waals surface area contributed by atoms with Crippen LogP contribution in [0.3, 0.4) is 0 Å². The van der Waals surface area contributed by atoms with Crippen LogP contribution in [-0.4, -0.2) is 67.9 Å². The molecule has 2 aliphatic heterocycles. The number of aliphatic hydroxyl groups is 3. The molecule has 4 rings (SSSR count). The molecule has 0 amide bonds. The molecule has 2 aromatic heterocycles. The Morgan fingerprint density at radius 3 is 2.62 bits per heavy atom. The van der Waals surface area contributed by atoms with E-state index in [0.717, 1.165) is 37.1 Å². The zero-order valence-corrected chi connectivity index (χ0v) is 13.3. The van der Waals surface area contributed by atoms with Crippen molar-refractivity contribution in [1.29, 1.82) is 0 Å². The molecule has 0 radical (unpaired) electrons. The Morgan fingerprint density at radius 1 is 1.12 bits per heavy atom. The summed E-state index contributed by atoms with van der Waals surface area (Å²) in [5.41, 5.74) is 0.653. The van der Waals surface area contributed by atoms with Gasteiger partial charge in [0.1, 0.15) is 36.1 Å². The standard InChI is InChI=1S/C16H22N4O4/c21-8-11-12(22)13(23)16(24-11)20-7-4-10-14(17-9-18-15(10)20)19-5-2-1-3-6-19/h4,7,9,11-13,16,21-23H,1-3,5-6,8H2/t11-,12+,13+,16-/m0/s1. The van der Waals surface area contributed by atoms with Gasteiger partial charge in [0, 0.05) is 19.3 Å². The average Bonchev–Trinajstić information content (AvgIpc) is 3.17. The van der Waals surface area contributed by atoms with E-state index in [9.17, 15) is 15.3 Å². The minimum Gasteiger partial charge on any atom is -0.394 e. The van der Waals surface area contributed by atoms with Crippen molar-refractivity contribution in [2.24, 2.45) is 0 Å². The molecule has 0 spiro atoms. The summed E-state index contributed by atoms with van der Waals surface area (Å²) in [6.07, 6.45) is 3.03. The summed E-state index contributed by atoms with van der Waals surface area (Å²) in [5, 5.41) is 30.4. The van der Waals surface area contributed by atoms with Gasteiger partial charge in [-0.15, -0.1) is 0 Å². The fraction of sp³-hybridized carbons (Fsp3) is 0.625. The van der Waals surface area contributed by atoms with Crippen molar-refractivity contribution in [3.05, 3.63) is 18.6 Å². The number of aliphatic hydroxyl groups excluding tert-OH is 3. The zero-order valence-electron chi connectivity index (χ0n) is 13.3. The van der Waals surface area contributed by atoms with E-state index in [1.165, 1.54) is 12.7 Å². The molecule has 3 N–H and O–H groups in total. The van der Waals surface area contributed by atoms with Crippen LogP contribution in [0.5, 0.6) is 0 Å². The van der Waals surface area contributed by atoms with Gasteiger partial charge in [-0.2, -0.15) is 0 Å². The second kappa shape index (κ2) is 6.29. The summed E-state index contributed by atoms with van der Waals surface area (Å²) in [7, 11) is 0. The van der Waals surface area contributed by atoms with Gasteiger partial charge in [-0.05, 0) is 25.3 Å². The molecular weight excluding hydrogens is 312 g/mol. The fourth-order valence-electron chi connectivity index (χ4n) is 3.63. The fourth-order valence-corrected chi connectivity index (χ4v) is 3.63. The van der Waals surface area contributed by atoms with Crippen molar-refractivity contribution in [3.63, 3.8) is 0 Å². The van der Waals surface area contributed by atoms with Crippen LogP contribution in [0, 0.1) is 0 Å². The van der Waals surface area contributed by atoms with Crippen LogP contribution in [0.1, 0.15) is 25.5 Å². The molecule has 2 saturated heterocycles. The highest BCUT2D eigenvalue weighted by atomic mass is 16.6. The third-order valence-electron chi connectivity index (χ3n) is 4.94. The van der Waals surface area contributed by atoms with Gasteiger partial charge in [0.05, 0.1) is 12.0 Å². The quantitative estimate of drug-likeness (QED) is 0.728. The normalized spacial score (nSPS) is 31.0. The van der Waals surface area contributed by atoms with Gasteiger partial charge < -0.3 is 29.5 Å². The third-order valence-corrected chi connectivity index (χ3v) is 4.94. The van der Waals surface area contributed by atoms with E-state index >= 15 is 0 Å². The molecule has 4 atom stereocenters. The lowest BCUT2D eigenvalue weighted by molar-refractivity contribution is -0.0508. The molecule has 0 unspecified atom stereocenters. The maximum Gasteiger partial charge on any atom is 0.164 e. The molecule has 4 heterocycles. The predicted molar refractivity (Wildman–Crippen MR) is 86.6 cm³/mol. The summed E-state index contributed by atoms with van der Waals surface area (Å²) >= 11 is 0. The maximum absolute atomic E-state index is 10.2. The smallest absolute Gasteiger partial charge is 0.164 e. The number of fused-ring (bicyclic) bond motifs is 1. The molecule has 8 heteroatoms. The first-order chi connectivity index (χ1) is 11.7. The molecule has 0 aliphatic carbocycles. The molecule has 0 bridgehead atoms. The number of piperidine rings is 1. The van der Waals surface area contributed by atoms with Crippen LogP contribution in [0.4, 0.5) is 5.82 Å². The largest absolute Gasteiger partial charge is 0.394 e. The van der Waals surface area contributed by atoms with Gasteiger partial charge in [-0.3, -0.25) is 0 Å². The second-order valence-corrected chi connectivity index (χ2v) is 6.43. The highest BCUT2D eigenvalue weighted by Crippen LogP contribution is 2.34. The lowest BCUT2D eigenvalue weighted by Gasteiger charge is -2.28. The molecular formula is C16H22N4O4. The molecule has 2 aliphatic rings. The van der Waals surface area contributed by atoms with Crippen molar-refractivity contribution in [3.8, 4) is 0 Å². The van der Waals surface area contributed by atoms with Crippen LogP contribution in [0.25, 0.3) is 11.0 Å². The molecule has 0 saturated carbocycles. The van der Waals surface area contributed by atoms with Gasteiger partial charge in [-0.25, -0.2) is 9.97 Å². The average molecular weight is 334 g/mol. The number of nitrogens with zero attached hydrogens (tertiary/aromatic N) is 4. The van der Waals surface area contributed by atoms with E-state index in [4.69, 9.17) is 4.74 Å². The summed E-state index contributed by atoms with van der Waals surface area (Å²) in [5.74, 6) is 0.894. The van der Waals surface area contributed by atoms with Crippen molar-refractivity contribution in [2.45, 2.75) is 43.8 Å². The van der Waals surface area contributed by atoms with E-state index in [-0.39, 0.29) is 6.61 Å². The van der Waals surface area contributed by atoms with Crippen LogP contribution in [-0.2, 0) is 4.74 Å². The summed E-state index contributed by atoms with van der Waals surface area (Å²) in [6, 6.07) is 1.91. The van der Waals surface area contributed by atoms with E-state index in [0.29, 0.717) is 5.65 Å². The van der Waals surface area contributed by atoms with Crippen LogP contribution >= 0.6 is 0 Å². The molecule has 2 aromatic rings. The van der Waals surface area contributed by atoms with E-state index in [1.54, 1.807) is 10.8 Å². The van der Waals surface area contributed by atoms with Crippen molar-refractivity contribution in [2.75, 3.05) is 24.6 Å². The van der Waals surface area contributed by atoms with E-state index < -0.39 is 24.5 Å². The lowest BCUT2D eigenvalue weighted by Crippen LogP contribution is -2.33. The number of ether oxygens (including phenoxy) is 1. The summed E-state index contributed by atoms with van der Waals surface area (Å²) < 4.78 is 7.31. The highest BCUT2D eigenvalue weighted by molar-refractivity contribution is 5.88. The van der Waals surface area contributed by atoms with Crippen LogP contribution in [0.15, 0.2) is 18.6 Å². The van der Waals surface area contributed by atoms with Gasteiger partial charge in [0.25, 0.3) is 0 Å². The number of hydrogen-bond donors (Lipinski definition) is 3. The first-order valence-electron chi connectivity index (χ1n) is 8.39. The molecule has 24 heavy (non-hydrogen) atoms. The van der Waals surface area contributed by atoms with Gasteiger partial charge in [0.2, 0.25) is 0 Å². The zero-order chi connectivity index (χ0) is 16.7. The Bertz CT molecular complexity index is 715. The van der Waals surface area contributed by atoms with Crippen LogP contribution < -0.4 is 4.90 Å². The number of rotatable bonds is 3. The first kappa shape index (κ1) is 15.8. The van der Waals surface area contributed by atoms with Crippen molar-refractivity contribution in [1.82, 2.24) is 14.5 Å². The second-order valence-electron chi connectivity index (χ2n) is 6.43. The van der Waals surface area contributed by atoms with Gasteiger partial charge >= 0.3 is 0 Å². The summed E-state index contributed by atoms with van der Waals surface area (Å²) in [6.45, 7) is 1.61. The third kappa shape index (κ3) is 2.46. The monoisotopic (exact) mass is 334 g/mol. The first-order valence-corrected chi connectivity index (χ1v) is 8.39. The minimum absolute atomic E-state index is 0.345. The highest BCUT2D eigenvalue weighted by Gasteiger charge is 2.43. The maximum atomic E-state index is 10.2. The van der Waals surface area contributed by atoms with Crippen molar-refractivity contribution >= 4 is 16.9 Å². The number of hydrogen-bond acceptors (Lipinski definition) is 7. The molecule has 0 aromatic carbocycles. The Labute approximate surface area is 139 Å². The van der Waals surface area contributed by atoms with E-state index in [1.807, 2.05) is 6.07 Å². The SMILES string of the molecule is OC[C@@H]1O[C@H](n2ccc3c(N4CCCCC4)ncnc32)[C@H](O)[C@@H]1O. The Balaban J connectivity index is 1.71. The number of aromatic nitrogens is 3. The number of anilines is 1. The van der Waals surface area contributed by atoms with Crippen LogP contribution in [0.2, 0.25) is 0 Å². The van der Waals surface area contributed by atoms with Crippen molar-refractivity contribution < 1.29 is 20.1 Å². The summed E-state index contributed by atoms with van der Waals surface area (Å²) in [4.78, 5) is 11.0. The lowest BCUT2D eigenvalue weighted by atomic mass is 10.1. The minimum atomic E-state index is -1.12. The Kier molecular flexibility index (Phi) is 4.13.